The molecule has 0 saturated carbocycles. The smallest absolute Gasteiger partial charge is 0.225 e. The molecule has 1 fully saturated rings. The SMILES string of the molecule is CCOc1ccnc(NCCC(=O)N2CCCCC2)n1. The molecule has 1 saturated heterocycles. The van der Waals surface area contributed by atoms with Crippen molar-refractivity contribution in [3.8, 4) is 5.88 Å². The van der Waals surface area contributed by atoms with Gasteiger partial charge in [0.05, 0.1) is 6.61 Å². The number of carbonyl (C=O) groups excluding carboxylic acids is 1. The molecule has 0 unspecified atom stereocenters. The van der Waals surface area contributed by atoms with Crippen LogP contribution in [0.3, 0.4) is 0 Å². The van der Waals surface area contributed by atoms with Crippen molar-refractivity contribution in [1.29, 1.82) is 0 Å². The highest BCUT2D eigenvalue weighted by Crippen LogP contribution is 2.11. The maximum Gasteiger partial charge on any atom is 0.225 e. The molecule has 6 nitrogen and oxygen atoms in total. The van der Waals surface area contributed by atoms with Gasteiger partial charge in [0.15, 0.2) is 0 Å². The minimum Gasteiger partial charge on any atom is -0.478 e. The Hall–Kier alpha value is -1.85. The first kappa shape index (κ1) is 14.6. The van der Waals surface area contributed by atoms with Crippen molar-refractivity contribution in [2.75, 3.05) is 31.6 Å². The monoisotopic (exact) mass is 278 g/mol. The predicted molar refractivity (Wildman–Crippen MR) is 76.7 cm³/mol. The van der Waals surface area contributed by atoms with Crippen LogP contribution in [0.4, 0.5) is 5.95 Å². The standard InChI is InChI=1S/C14H22N4O2/c1-2-20-12-6-8-15-14(17-12)16-9-7-13(19)18-10-4-3-5-11-18/h6,8H,2-5,7,9-11H2,1H3,(H,15,16,17). The van der Waals surface area contributed by atoms with Crippen LogP contribution in [0.15, 0.2) is 12.3 Å². The fourth-order valence-electron chi connectivity index (χ4n) is 2.24. The van der Waals surface area contributed by atoms with E-state index in [0.29, 0.717) is 31.4 Å². The molecule has 2 rings (SSSR count). The average Bonchev–Trinajstić information content (AvgIpc) is 2.49. The number of piperidine rings is 1. The normalized spacial score (nSPS) is 14.9. The number of hydrogen-bond donors (Lipinski definition) is 1. The topological polar surface area (TPSA) is 67.3 Å². The summed E-state index contributed by atoms with van der Waals surface area (Å²) in [4.78, 5) is 22.2. The molecule has 1 aliphatic heterocycles. The number of amides is 1. The Morgan fingerprint density at radius 2 is 2.20 bits per heavy atom. The van der Waals surface area contributed by atoms with Crippen molar-refractivity contribution in [2.24, 2.45) is 0 Å². The van der Waals surface area contributed by atoms with Gasteiger partial charge in [0, 0.05) is 38.3 Å². The maximum absolute atomic E-state index is 12.0. The van der Waals surface area contributed by atoms with Gasteiger partial charge in [-0.15, -0.1) is 0 Å². The molecule has 0 atom stereocenters. The van der Waals surface area contributed by atoms with Gasteiger partial charge < -0.3 is 15.0 Å². The second-order valence-electron chi connectivity index (χ2n) is 4.77. The van der Waals surface area contributed by atoms with Crippen molar-refractivity contribution in [2.45, 2.75) is 32.6 Å². The molecule has 6 heteroatoms. The zero-order valence-corrected chi connectivity index (χ0v) is 12.0. The van der Waals surface area contributed by atoms with Gasteiger partial charge in [0.25, 0.3) is 0 Å². The highest BCUT2D eigenvalue weighted by Gasteiger charge is 2.15. The minimum atomic E-state index is 0.207. The average molecular weight is 278 g/mol. The van der Waals surface area contributed by atoms with Gasteiger partial charge >= 0.3 is 0 Å². The third-order valence-corrected chi connectivity index (χ3v) is 3.25. The van der Waals surface area contributed by atoms with Gasteiger partial charge in [-0.2, -0.15) is 4.98 Å². The van der Waals surface area contributed by atoms with Gasteiger partial charge in [0.1, 0.15) is 0 Å². The molecule has 20 heavy (non-hydrogen) atoms. The molecule has 1 aromatic rings. The summed E-state index contributed by atoms with van der Waals surface area (Å²) in [7, 11) is 0. The number of hydrogen-bond acceptors (Lipinski definition) is 5. The maximum atomic E-state index is 12.0. The highest BCUT2D eigenvalue weighted by molar-refractivity contribution is 5.76. The zero-order valence-electron chi connectivity index (χ0n) is 12.0. The van der Waals surface area contributed by atoms with E-state index in [1.807, 2.05) is 11.8 Å². The van der Waals surface area contributed by atoms with Crippen molar-refractivity contribution >= 4 is 11.9 Å². The Morgan fingerprint density at radius 3 is 2.95 bits per heavy atom. The van der Waals surface area contributed by atoms with E-state index in [0.717, 1.165) is 25.9 Å². The Morgan fingerprint density at radius 1 is 1.40 bits per heavy atom. The molecular formula is C14H22N4O2. The first-order valence-corrected chi connectivity index (χ1v) is 7.27. The second kappa shape index (κ2) is 7.67. The molecule has 1 aromatic heterocycles. The lowest BCUT2D eigenvalue weighted by Crippen LogP contribution is -2.36. The molecule has 0 aromatic carbocycles. The van der Waals surface area contributed by atoms with Crippen molar-refractivity contribution in [3.05, 3.63) is 12.3 Å². The van der Waals surface area contributed by atoms with E-state index in [2.05, 4.69) is 15.3 Å². The summed E-state index contributed by atoms with van der Waals surface area (Å²) in [5.74, 6) is 1.26. The lowest BCUT2D eigenvalue weighted by molar-refractivity contribution is -0.131. The van der Waals surface area contributed by atoms with E-state index in [1.54, 1.807) is 12.3 Å². The third-order valence-electron chi connectivity index (χ3n) is 3.25. The Labute approximate surface area is 119 Å². The summed E-state index contributed by atoms with van der Waals surface area (Å²) in [6.45, 7) is 4.83. The zero-order chi connectivity index (χ0) is 14.2. The number of nitrogens with one attached hydrogen (secondary N) is 1. The van der Waals surface area contributed by atoms with Gasteiger partial charge in [-0.3, -0.25) is 4.79 Å². The van der Waals surface area contributed by atoms with Crippen LogP contribution in [-0.4, -0.2) is 47.0 Å². The number of nitrogens with zero attached hydrogens (tertiary/aromatic N) is 3. The lowest BCUT2D eigenvalue weighted by Gasteiger charge is -2.26. The van der Waals surface area contributed by atoms with Crippen molar-refractivity contribution < 1.29 is 9.53 Å². The number of rotatable bonds is 6. The van der Waals surface area contributed by atoms with E-state index in [4.69, 9.17) is 4.74 Å². The first-order valence-electron chi connectivity index (χ1n) is 7.27. The Bertz CT molecular complexity index is 433. The molecule has 0 aliphatic carbocycles. The van der Waals surface area contributed by atoms with Crippen LogP contribution in [0, 0.1) is 0 Å². The summed E-state index contributed by atoms with van der Waals surface area (Å²) in [6, 6.07) is 1.72. The summed E-state index contributed by atoms with van der Waals surface area (Å²) in [5.41, 5.74) is 0. The van der Waals surface area contributed by atoms with Crippen LogP contribution in [0.25, 0.3) is 0 Å². The summed E-state index contributed by atoms with van der Waals surface area (Å²) in [6.07, 6.45) is 5.60. The summed E-state index contributed by atoms with van der Waals surface area (Å²) in [5, 5.41) is 3.06. The van der Waals surface area contributed by atoms with Crippen LogP contribution < -0.4 is 10.1 Å². The fraction of sp³-hybridized carbons (Fsp3) is 0.643. The number of carbonyl (C=O) groups is 1. The largest absolute Gasteiger partial charge is 0.478 e. The molecule has 1 N–H and O–H groups in total. The summed E-state index contributed by atoms with van der Waals surface area (Å²) >= 11 is 0. The molecular weight excluding hydrogens is 256 g/mol. The minimum absolute atomic E-state index is 0.207. The van der Waals surface area contributed by atoms with Gasteiger partial charge in [0.2, 0.25) is 17.7 Å². The molecule has 1 amide bonds. The van der Waals surface area contributed by atoms with Crippen LogP contribution in [-0.2, 0) is 4.79 Å². The van der Waals surface area contributed by atoms with E-state index in [-0.39, 0.29) is 5.91 Å². The molecule has 2 heterocycles. The number of aromatic nitrogens is 2. The van der Waals surface area contributed by atoms with Crippen LogP contribution in [0.5, 0.6) is 5.88 Å². The summed E-state index contributed by atoms with van der Waals surface area (Å²) < 4.78 is 5.30. The highest BCUT2D eigenvalue weighted by atomic mass is 16.5. The van der Waals surface area contributed by atoms with Crippen LogP contribution in [0.1, 0.15) is 32.6 Å². The molecule has 110 valence electrons. The van der Waals surface area contributed by atoms with Crippen molar-refractivity contribution in [3.63, 3.8) is 0 Å². The van der Waals surface area contributed by atoms with Gasteiger partial charge in [-0.05, 0) is 26.2 Å². The Kier molecular flexibility index (Phi) is 5.58. The lowest BCUT2D eigenvalue weighted by atomic mass is 10.1. The van der Waals surface area contributed by atoms with E-state index < -0.39 is 0 Å². The van der Waals surface area contributed by atoms with E-state index in [1.165, 1.54) is 6.42 Å². The van der Waals surface area contributed by atoms with E-state index in [9.17, 15) is 4.79 Å². The van der Waals surface area contributed by atoms with Gasteiger partial charge in [-0.25, -0.2) is 4.98 Å². The fourth-order valence-corrected chi connectivity index (χ4v) is 2.24. The van der Waals surface area contributed by atoms with Gasteiger partial charge in [-0.1, -0.05) is 0 Å². The third kappa shape index (κ3) is 4.36. The molecule has 1 aliphatic rings. The Balaban J connectivity index is 1.74. The van der Waals surface area contributed by atoms with Crippen molar-refractivity contribution in [1.82, 2.24) is 14.9 Å². The number of ether oxygens (including phenoxy) is 1. The number of anilines is 1. The molecule has 0 radical (unpaired) electrons. The van der Waals surface area contributed by atoms with E-state index >= 15 is 0 Å². The predicted octanol–water partition coefficient (Wildman–Crippen LogP) is 1.69. The first-order chi connectivity index (χ1) is 9.79. The second-order valence-corrected chi connectivity index (χ2v) is 4.77. The molecule has 0 spiro atoms. The quantitative estimate of drug-likeness (QED) is 0.857. The van der Waals surface area contributed by atoms with Crippen LogP contribution >= 0.6 is 0 Å². The number of likely N-dealkylation sites (tertiary alicyclic amines) is 1. The van der Waals surface area contributed by atoms with Crippen LogP contribution in [0.2, 0.25) is 0 Å². The molecule has 0 bridgehead atoms.